The minimum atomic E-state index is 0.715. The van der Waals surface area contributed by atoms with E-state index in [0.717, 1.165) is 94.1 Å². The van der Waals surface area contributed by atoms with Gasteiger partial charge < -0.3 is 4.42 Å². The number of hydrogen-bond donors (Lipinski definition) is 0. The molecule has 0 saturated carbocycles. The molecular weight excluding hydrogens is 727 g/mol. The van der Waals surface area contributed by atoms with Gasteiger partial charge >= 0.3 is 0 Å². The molecule has 4 heterocycles. The van der Waals surface area contributed by atoms with Gasteiger partial charge in [0.25, 0.3) is 0 Å². The third-order valence-corrected chi connectivity index (χ3v) is 12.4. The van der Waals surface area contributed by atoms with Crippen LogP contribution >= 0.6 is 11.3 Å². The van der Waals surface area contributed by atoms with Crippen LogP contribution in [0.2, 0.25) is 0 Å². The van der Waals surface area contributed by atoms with Gasteiger partial charge in [-0.2, -0.15) is 0 Å². The number of para-hydroxylation sites is 2. The molecule has 4 nitrogen and oxygen atoms in total. The maximum absolute atomic E-state index is 6.80. The number of nitrogens with zero attached hydrogens (tertiary/aromatic N) is 3. The molecule has 58 heavy (non-hydrogen) atoms. The van der Waals surface area contributed by atoms with Crippen LogP contribution in [0.15, 0.2) is 192 Å². The number of hydrogen-bond acceptors (Lipinski definition) is 5. The highest BCUT2D eigenvalue weighted by Crippen LogP contribution is 2.44. The molecule has 0 spiro atoms. The van der Waals surface area contributed by atoms with E-state index in [-0.39, 0.29) is 0 Å². The predicted octanol–water partition coefficient (Wildman–Crippen LogP) is 14.8. The molecule has 12 rings (SSSR count). The predicted molar refractivity (Wildman–Crippen MR) is 242 cm³/mol. The molecule has 0 aliphatic heterocycles. The monoisotopic (exact) mass is 757 g/mol. The van der Waals surface area contributed by atoms with E-state index >= 15 is 0 Å². The zero-order chi connectivity index (χ0) is 38.2. The van der Waals surface area contributed by atoms with E-state index in [4.69, 9.17) is 19.4 Å². The molecule has 0 amide bonds. The van der Waals surface area contributed by atoms with E-state index in [2.05, 4.69) is 176 Å². The van der Waals surface area contributed by atoms with Crippen LogP contribution in [-0.2, 0) is 0 Å². The molecule has 5 heteroatoms. The van der Waals surface area contributed by atoms with Crippen LogP contribution in [-0.4, -0.2) is 15.0 Å². The van der Waals surface area contributed by atoms with Crippen molar-refractivity contribution in [2.24, 2.45) is 0 Å². The maximum atomic E-state index is 6.80. The lowest BCUT2D eigenvalue weighted by molar-refractivity contribution is 0.670. The van der Waals surface area contributed by atoms with E-state index < -0.39 is 0 Å². The molecule has 8 aromatic carbocycles. The Morgan fingerprint density at radius 3 is 1.81 bits per heavy atom. The molecule has 0 radical (unpaired) electrons. The van der Waals surface area contributed by atoms with Crippen molar-refractivity contribution < 1.29 is 4.42 Å². The van der Waals surface area contributed by atoms with Crippen molar-refractivity contribution >= 4 is 75.1 Å². The first-order valence-corrected chi connectivity index (χ1v) is 20.2. The van der Waals surface area contributed by atoms with E-state index in [0.29, 0.717) is 5.82 Å². The van der Waals surface area contributed by atoms with Crippen molar-refractivity contribution in [3.8, 4) is 56.3 Å². The second kappa shape index (κ2) is 13.1. The number of pyridine rings is 1. The molecule has 0 N–H and O–H groups in total. The minimum Gasteiger partial charge on any atom is -0.455 e. The summed E-state index contributed by atoms with van der Waals surface area (Å²) in [6.45, 7) is 0. The molecule has 0 atom stereocenters. The van der Waals surface area contributed by atoms with Crippen LogP contribution in [0.4, 0.5) is 0 Å². The molecule has 4 aromatic heterocycles. The largest absolute Gasteiger partial charge is 0.455 e. The minimum absolute atomic E-state index is 0.715. The summed E-state index contributed by atoms with van der Waals surface area (Å²) in [4.78, 5) is 15.6. The highest BCUT2D eigenvalue weighted by molar-refractivity contribution is 7.25. The molecule has 0 bridgehead atoms. The lowest BCUT2D eigenvalue weighted by Gasteiger charge is -2.11. The fourth-order valence-electron chi connectivity index (χ4n) is 8.63. The molecule has 0 aliphatic carbocycles. The molecule has 12 aromatic rings. The van der Waals surface area contributed by atoms with Gasteiger partial charge in [-0.3, -0.25) is 0 Å². The van der Waals surface area contributed by atoms with E-state index in [9.17, 15) is 0 Å². The van der Waals surface area contributed by atoms with Gasteiger partial charge in [-0.1, -0.05) is 152 Å². The summed E-state index contributed by atoms with van der Waals surface area (Å²) in [5, 5.41) is 8.00. The maximum Gasteiger partial charge on any atom is 0.161 e. The molecule has 0 fully saturated rings. The Hall–Kier alpha value is -7.47. The Balaban J connectivity index is 1.01. The smallest absolute Gasteiger partial charge is 0.161 e. The third kappa shape index (κ3) is 5.18. The summed E-state index contributed by atoms with van der Waals surface area (Å²) in [6, 6.07) is 65.8. The number of rotatable bonds is 5. The van der Waals surface area contributed by atoms with Crippen molar-refractivity contribution in [3.63, 3.8) is 0 Å². The van der Waals surface area contributed by atoms with Gasteiger partial charge in [0.05, 0.1) is 22.6 Å². The zero-order valence-electron chi connectivity index (χ0n) is 31.1. The van der Waals surface area contributed by atoms with E-state index in [1.807, 2.05) is 23.5 Å². The van der Waals surface area contributed by atoms with Crippen molar-refractivity contribution in [2.75, 3.05) is 0 Å². The molecule has 0 unspecified atom stereocenters. The zero-order valence-corrected chi connectivity index (χ0v) is 31.9. The van der Waals surface area contributed by atoms with Crippen molar-refractivity contribution in [3.05, 3.63) is 188 Å². The first-order chi connectivity index (χ1) is 28.7. The van der Waals surface area contributed by atoms with Gasteiger partial charge in [0, 0.05) is 74.9 Å². The Kier molecular flexibility index (Phi) is 7.37. The first kappa shape index (κ1) is 32.7. The fraction of sp³-hybridized carbons (Fsp3) is 0. The quantitative estimate of drug-likeness (QED) is 0.164. The van der Waals surface area contributed by atoms with Gasteiger partial charge in [-0.05, 0) is 42.0 Å². The SMILES string of the molecule is c1ccc(-c2cc(-c3ccc(-c4cccc5c4oc4ccc6c(-c7ccccc7)nc7ccccc7c6c45)cc3)nc(-c3cccc4sc5ccccc5c34)n2)cc1. The summed E-state index contributed by atoms with van der Waals surface area (Å²) in [5.41, 5.74) is 11.7. The lowest BCUT2D eigenvalue weighted by atomic mass is 9.95. The van der Waals surface area contributed by atoms with E-state index in [1.54, 1.807) is 0 Å². The number of furan rings is 1. The summed E-state index contributed by atoms with van der Waals surface area (Å²) >= 11 is 1.81. The topological polar surface area (TPSA) is 51.8 Å². The average Bonchev–Trinajstić information content (AvgIpc) is 3.88. The fourth-order valence-corrected chi connectivity index (χ4v) is 9.76. The molecule has 0 aliphatic rings. The van der Waals surface area contributed by atoms with E-state index in [1.165, 1.54) is 20.2 Å². The lowest BCUT2D eigenvalue weighted by Crippen LogP contribution is -1.96. The van der Waals surface area contributed by atoms with Gasteiger partial charge in [0.2, 0.25) is 0 Å². The molecule has 0 saturated heterocycles. The Bertz CT molecular complexity index is 3550. The van der Waals surface area contributed by atoms with Crippen molar-refractivity contribution in [1.29, 1.82) is 0 Å². The second-order valence-corrected chi connectivity index (χ2v) is 15.8. The first-order valence-electron chi connectivity index (χ1n) is 19.4. The Labute approximate surface area is 337 Å². The normalized spacial score (nSPS) is 11.8. The summed E-state index contributed by atoms with van der Waals surface area (Å²) in [6.07, 6.45) is 0. The van der Waals surface area contributed by atoms with Crippen LogP contribution in [0, 0.1) is 0 Å². The summed E-state index contributed by atoms with van der Waals surface area (Å²) in [7, 11) is 0. The Morgan fingerprint density at radius 1 is 0.379 bits per heavy atom. The number of benzene rings is 8. The average molecular weight is 758 g/mol. The van der Waals surface area contributed by atoms with Crippen LogP contribution < -0.4 is 0 Å². The van der Waals surface area contributed by atoms with Crippen LogP contribution in [0.1, 0.15) is 0 Å². The van der Waals surface area contributed by atoms with Gasteiger partial charge in [-0.25, -0.2) is 15.0 Å². The van der Waals surface area contributed by atoms with Crippen LogP contribution in [0.3, 0.4) is 0 Å². The van der Waals surface area contributed by atoms with Crippen LogP contribution in [0.25, 0.3) is 120 Å². The number of fused-ring (bicyclic) bond motifs is 10. The Morgan fingerprint density at radius 2 is 1.00 bits per heavy atom. The summed E-state index contributed by atoms with van der Waals surface area (Å²) in [5.74, 6) is 0.715. The number of thiophene rings is 1. The van der Waals surface area contributed by atoms with Crippen molar-refractivity contribution in [2.45, 2.75) is 0 Å². The third-order valence-electron chi connectivity index (χ3n) is 11.3. The highest BCUT2D eigenvalue weighted by Gasteiger charge is 2.20. The highest BCUT2D eigenvalue weighted by atomic mass is 32.1. The molecular formula is C53H31N3OS. The van der Waals surface area contributed by atoms with Crippen molar-refractivity contribution in [1.82, 2.24) is 15.0 Å². The van der Waals surface area contributed by atoms with Gasteiger partial charge in [-0.15, -0.1) is 11.3 Å². The van der Waals surface area contributed by atoms with Gasteiger partial charge in [0.15, 0.2) is 5.82 Å². The van der Waals surface area contributed by atoms with Gasteiger partial charge in [0.1, 0.15) is 11.2 Å². The summed E-state index contributed by atoms with van der Waals surface area (Å²) < 4.78 is 9.29. The molecule has 270 valence electrons. The van der Waals surface area contributed by atoms with Crippen LogP contribution in [0.5, 0.6) is 0 Å². The number of aromatic nitrogens is 3. The standard InChI is InChI=1S/C53H31N3OS/c1-3-13-33(14-4-1)43-31-44(56-53(55-43)41-21-12-24-47-48(41)38-18-8-10-23-46(38)58-47)34-27-25-32(26-28-34)36-19-11-20-40-50-45(57-52(36)40)30-29-39-49(50)37-17-7-9-22-42(37)54-51(39)35-15-5-2-6-16-35/h1-31H. The second-order valence-electron chi connectivity index (χ2n) is 14.7.